The average molecular weight is 287 g/mol. The standard InChI is InChI=1S/C15H21N5O/c1-12-5-9-20(18-12)10-6-15(21)19-8-2-3-13(11-19)14-4-7-16-17-14/h4-5,7,9,13H,2-3,6,8,10-11H2,1H3,(H,16,17). The molecular weight excluding hydrogens is 266 g/mol. The molecule has 1 saturated heterocycles. The number of aryl methyl sites for hydroxylation is 2. The first-order valence-corrected chi connectivity index (χ1v) is 7.49. The van der Waals surface area contributed by atoms with Crippen molar-refractivity contribution < 1.29 is 4.79 Å². The van der Waals surface area contributed by atoms with Gasteiger partial charge in [0.1, 0.15) is 0 Å². The van der Waals surface area contributed by atoms with Crippen LogP contribution in [0.5, 0.6) is 0 Å². The molecule has 1 atom stereocenters. The minimum atomic E-state index is 0.215. The molecule has 1 unspecified atom stereocenters. The Kier molecular flexibility index (Phi) is 4.03. The molecular formula is C15H21N5O. The molecule has 0 aliphatic carbocycles. The van der Waals surface area contributed by atoms with E-state index in [-0.39, 0.29) is 5.91 Å². The number of aromatic amines is 1. The molecule has 1 amide bonds. The normalized spacial score (nSPS) is 18.9. The van der Waals surface area contributed by atoms with Crippen molar-refractivity contribution in [3.05, 3.63) is 35.9 Å². The summed E-state index contributed by atoms with van der Waals surface area (Å²) >= 11 is 0. The van der Waals surface area contributed by atoms with E-state index in [2.05, 4.69) is 15.3 Å². The van der Waals surface area contributed by atoms with Crippen molar-refractivity contribution in [2.24, 2.45) is 0 Å². The molecule has 3 heterocycles. The summed E-state index contributed by atoms with van der Waals surface area (Å²) in [6, 6.07) is 3.96. The van der Waals surface area contributed by atoms with Crippen molar-refractivity contribution in [3.63, 3.8) is 0 Å². The van der Waals surface area contributed by atoms with Crippen LogP contribution in [-0.2, 0) is 11.3 Å². The fourth-order valence-corrected chi connectivity index (χ4v) is 2.91. The molecule has 6 heteroatoms. The van der Waals surface area contributed by atoms with E-state index in [0.29, 0.717) is 18.9 Å². The molecule has 3 rings (SSSR count). The summed E-state index contributed by atoms with van der Waals surface area (Å²) in [5.41, 5.74) is 2.12. The molecule has 1 aliphatic heterocycles. The molecule has 0 spiro atoms. The second-order valence-corrected chi connectivity index (χ2v) is 5.66. The zero-order valence-corrected chi connectivity index (χ0v) is 12.3. The van der Waals surface area contributed by atoms with Gasteiger partial charge in [0.15, 0.2) is 0 Å². The number of piperidine rings is 1. The topological polar surface area (TPSA) is 66.8 Å². The number of carbonyl (C=O) groups is 1. The Morgan fingerprint density at radius 1 is 1.48 bits per heavy atom. The van der Waals surface area contributed by atoms with E-state index in [9.17, 15) is 4.79 Å². The number of nitrogens with one attached hydrogen (secondary N) is 1. The molecule has 0 saturated carbocycles. The molecule has 1 N–H and O–H groups in total. The molecule has 2 aromatic heterocycles. The maximum Gasteiger partial charge on any atom is 0.224 e. The van der Waals surface area contributed by atoms with Gasteiger partial charge in [0.2, 0.25) is 5.91 Å². The molecule has 1 aliphatic rings. The smallest absolute Gasteiger partial charge is 0.224 e. The van der Waals surface area contributed by atoms with Gasteiger partial charge in [0.25, 0.3) is 0 Å². The van der Waals surface area contributed by atoms with Crippen LogP contribution in [0.1, 0.15) is 36.6 Å². The summed E-state index contributed by atoms with van der Waals surface area (Å²) < 4.78 is 1.84. The number of nitrogens with zero attached hydrogens (tertiary/aromatic N) is 4. The van der Waals surface area contributed by atoms with Crippen LogP contribution in [0.15, 0.2) is 24.5 Å². The Balaban J connectivity index is 1.54. The van der Waals surface area contributed by atoms with Gasteiger partial charge >= 0.3 is 0 Å². The number of hydrogen-bond acceptors (Lipinski definition) is 3. The third-order valence-corrected chi connectivity index (χ3v) is 4.06. The highest BCUT2D eigenvalue weighted by Crippen LogP contribution is 2.25. The number of H-pyrrole nitrogens is 1. The van der Waals surface area contributed by atoms with Gasteiger partial charge in [0.05, 0.1) is 5.69 Å². The number of aromatic nitrogens is 4. The number of amides is 1. The Hall–Kier alpha value is -2.11. The predicted molar refractivity (Wildman–Crippen MR) is 78.7 cm³/mol. The first kappa shape index (κ1) is 13.9. The summed E-state index contributed by atoms with van der Waals surface area (Å²) in [4.78, 5) is 14.3. The van der Waals surface area contributed by atoms with Gasteiger partial charge in [-0.25, -0.2) is 0 Å². The van der Waals surface area contributed by atoms with Crippen molar-refractivity contribution in [1.82, 2.24) is 24.9 Å². The number of carbonyl (C=O) groups excluding carboxylic acids is 1. The monoisotopic (exact) mass is 287 g/mol. The predicted octanol–water partition coefficient (Wildman–Crippen LogP) is 1.71. The van der Waals surface area contributed by atoms with Crippen molar-refractivity contribution in [2.75, 3.05) is 13.1 Å². The van der Waals surface area contributed by atoms with Crippen LogP contribution in [0.2, 0.25) is 0 Å². The van der Waals surface area contributed by atoms with E-state index < -0.39 is 0 Å². The van der Waals surface area contributed by atoms with Crippen molar-refractivity contribution in [2.45, 2.75) is 38.6 Å². The fourth-order valence-electron chi connectivity index (χ4n) is 2.91. The highest BCUT2D eigenvalue weighted by molar-refractivity contribution is 5.76. The lowest BCUT2D eigenvalue weighted by Gasteiger charge is -2.32. The first-order chi connectivity index (χ1) is 10.2. The van der Waals surface area contributed by atoms with Gasteiger partial charge in [0, 0.05) is 50.1 Å². The van der Waals surface area contributed by atoms with Crippen LogP contribution < -0.4 is 0 Å². The largest absolute Gasteiger partial charge is 0.342 e. The summed E-state index contributed by atoms with van der Waals surface area (Å²) in [6.45, 7) is 4.26. The van der Waals surface area contributed by atoms with Crippen molar-refractivity contribution >= 4 is 5.91 Å². The molecule has 6 nitrogen and oxygen atoms in total. The Bertz CT molecular complexity index is 589. The van der Waals surface area contributed by atoms with E-state index in [1.807, 2.05) is 34.8 Å². The lowest BCUT2D eigenvalue weighted by Crippen LogP contribution is -2.39. The van der Waals surface area contributed by atoms with E-state index in [1.165, 1.54) is 0 Å². The SMILES string of the molecule is Cc1ccn(CCC(=O)N2CCCC(c3ccn[nH]3)C2)n1. The number of rotatable bonds is 4. The highest BCUT2D eigenvalue weighted by atomic mass is 16.2. The van der Waals surface area contributed by atoms with Gasteiger partial charge in [-0.05, 0) is 31.9 Å². The van der Waals surface area contributed by atoms with Gasteiger partial charge in [-0.3, -0.25) is 14.6 Å². The molecule has 2 aromatic rings. The van der Waals surface area contributed by atoms with Crippen LogP contribution in [0, 0.1) is 6.92 Å². The summed E-state index contributed by atoms with van der Waals surface area (Å²) in [5.74, 6) is 0.601. The summed E-state index contributed by atoms with van der Waals surface area (Å²) in [7, 11) is 0. The van der Waals surface area contributed by atoms with E-state index in [4.69, 9.17) is 0 Å². The number of likely N-dealkylation sites (tertiary alicyclic amines) is 1. The van der Waals surface area contributed by atoms with E-state index in [1.54, 1.807) is 6.20 Å². The maximum absolute atomic E-state index is 12.4. The minimum Gasteiger partial charge on any atom is -0.342 e. The van der Waals surface area contributed by atoms with Crippen molar-refractivity contribution in [1.29, 1.82) is 0 Å². The lowest BCUT2D eigenvalue weighted by molar-refractivity contribution is -0.132. The molecule has 1 fully saturated rings. The van der Waals surface area contributed by atoms with Crippen molar-refractivity contribution in [3.8, 4) is 0 Å². The minimum absolute atomic E-state index is 0.215. The van der Waals surface area contributed by atoms with Crippen LogP contribution in [0.3, 0.4) is 0 Å². The van der Waals surface area contributed by atoms with Crippen LogP contribution in [0.25, 0.3) is 0 Å². The van der Waals surface area contributed by atoms with Gasteiger partial charge in [-0.1, -0.05) is 0 Å². The molecule has 0 bridgehead atoms. The molecule has 112 valence electrons. The molecule has 0 aromatic carbocycles. The van der Waals surface area contributed by atoms with E-state index in [0.717, 1.165) is 37.3 Å². The second-order valence-electron chi connectivity index (χ2n) is 5.66. The van der Waals surface area contributed by atoms with Gasteiger partial charge in [-0.2, -0.15) is 10.2 Å². The first-order valence-electron chi connectivity index (χ1n) is 7.49. The van der Waals surface area contributed by atoms with Gasteiger partial charge in [-0.15, -0.1) is 0 Å². The third kappa shape index (κ3) is 3.32. The molecule has 0 radical (unpaired) electrons. The highest BCUT2D eigenvalue weighted by Gasteiger charge is 2.25. The van der Waals surface area contributed by atoms with Crippen LogP contribution in [0.4, 0.5) is 0 Å². The van der Waals surface area contributed by atoms with E-state index >= 15 is 0 Å². The van der Waals surface area contributed by atoms with Crippen LogP contribution >= 0.6 is 0 Å². The molecule has 21 heavy (non-hydrogen) atoms. The van der Waals surface area contributed by atoms with Crippen LogP contribution in [-0.4, -0.2) is 43.9 Å². The lowest BCUT2D eigenvalue weighted by atomic mass is 9.95. The number of hydrogen-bond donors (Lipinski definition) is 1. The third-order valence-electron chi connectivity index (χ3n) is 4.06. The quantitative estimate of drug-likeness (QED) is 0.931. The zero-order valence-electron chi connectivity index (χ0n) is 12.3. The zero-order chi connectivity index (χ0) is 14.7. The Morgan fingerprint density at radius 3 is 3.10 bits per heavy atom. The maximum atomic E-state index is 12.4. The average Bonchev–Trinajstić information content (AvgIpc) is 3.16. The second kappa shape index (κ2) is 6.11. The Labute approximate surface area is 124 Å². The fraction of sp³-hybridized carbons (Fsp3) is 0.533. The summed E-state index contributed by atoms with van der Waals surface area (Å²) in [5, 5.41) is 11.3. The van der Waals surface area contributed by atoms with Gasteiger partial charge < -0.3 is 4.90 Å². The Morgan fingerprint density at radius 2 is 2.38 bits per heavy atom. The summed E-state index contributed by atoms with van der Waals surface area (Å²) in [6.07, 6.45) is 6.37.